The van der Waals surface area contributed by atoms with Gasteiger partial charge >= 0.3 is 0 Å². The number of anilines is 1. The number of thioether (sulfide) groups is 1. The molecule has 3 aromatic carbocycles. The number of nitro groups is 1. The SMILES string of the molecule is C[C@H](NC(=O)c1ccccc1NC(=O)CSCc1ccc([N+](=O)[O-])cc1)c1ccccc1. The van der Waals surface area contributed by atoms with Crippen molar-refractivity contribution >= 4 is 35.0 Å². The lowest BCUT2D eigenvalue weighted by molar-refractivity contribution is -0.384. The molecule has 8 heteroatoms. The average molecular weight is 450 g/mol. The largest absolute Gasteiger partial charge is 0.345 e. The molecule has 7 nitrogen and oxygen atoms in total. The molecule has 0 aromatic heterocycles. The molecule has 0 fully saturated rings. The van der Waals surface area contributed by atoms with Gasteiger partial charge in [-0.25, -0.2) is 0 Å². The number of amides is 2. The molecule has 0 saturated carbocycles. The van der Waals surface area contributed by atoms with Gasteiger partial charge in [0.25, 0.3) is 11.6 Å². The quantitative estimate of drug-likeness (QED) is 0.355. The van der Waals surface area contributed by atoms with E-state index < -0.39 is 4.92 Å². The topological polar surface area (TPSA) is 101 Å². The highest BCUT2D eigenvalue weighted by Crippen LogP contribution is 2.20. The van der Waals surface area contributed by atoms with E-state index in [2.05, 4.69) is 10.6 Å². The van der Waals surface area contributed by atoms with Crippen molar-refractivity contribution in [2.45, 2.75) is 18.7 Å². The summed E-state index contributed by atoms with van der Waals surface area (Å²) in [5.74, 6) is 0.235. The number of nitrogens with one attached hydrogen (secondary N) is 2. The predicted octanol–water partition coefficient (Wildman–Crippen LogP) is 4.96. The van der Waals surface area contributed by atoms with Crippen molar-refractivity contribution in [3.05, 3.63) is 106 Å². The van der Waals surface area contributed by atoms with Gasteiger partial charge in [0.2, 0.25) is 5.91 Å². The minimum absolute atomic E-state index is 0.0351. The molecule has 0 heterocycles. The van der Waals surface area contributed by atoms with Crippen LogP contribution in [0.2, 0.25) is 0 Å². The number of hydrogen-bond acceptors (Lipinski definition) is 5. The Balaban J connectivity index is 1.55. The van der Waals surface area contributed by atoms with Gasteiger partial charge in [0.1, 0.15) is 0 Å². The molecule has 0 aliphatic carbocycles. The lowest BCUT2D eigenvalue weighted by atomic mass is 10.1. The van der Waals surface area contributed by atoms with Gasteiger partial charge in [0, 0.05) is 17.9 Å². The van der Waals surface area contributed by atoms with Crippen LogP contribution in [0.25, 0.3) is 0 Å². The Morgan fingerprint density at radius 2 is 1.62 bits per heavy atom. The number of nitrogens with zero attached hydrogens (tertiary/aromatic N) is 1. The van der Waals surface area contributed by atoms with Crippen LogP contribution >= 0.6 is 11.8 Å². The summed E-state index contributed by atoms with van der Waals surface area (Å²) in [6.07, 6.45) is 0. The molecule has 164 valence electrons. The van der Waals surface area contributed by atoms with Gasteiger partial charge in [-0.05, 0) is 30.2 Å². The van der Waals surface area contributed by atoms with E-state index in [9.17, 15) is 19.7 Å². The smallest absolute Gasteiger partial charge is 0.269 e. The summed E-state index contributed by atoms with van der Waals surface area (Å²) in [5.41, 5.74) is 2.76. The number of carbonyl (C=O) groups is 2. The van der Waals surface area contributed by atoms with Crippen LogP contribution in [0, 0.1) is 10.1 Å². The maximum absolute atomic E-state index is 12.8. The van der Waals surface area contributed by atoms with Crippen molar-refractivity contribution < 1.29 is 14.5 Å². The van der Waals surface area contributed by atoms with Crippen molar-refractivity contribution in [3.63, 3.8) is 0 Å². The summed E-state index contributed by atoms with van der Waals surface area (Å²) >= 11 is 1.39. The van der Waals surface area contributed by atoms with Crippen LogP contribution in [0.4, 0.5) is 11.4 Å². The van der Waals surface area contributed by atoms with E-state index in [0.29, 0.717) is 17.0 Å². The number of hydrogen-bond donors (Lipinski definition) is 2. The molecule has 3 rings (SSSR count). The van der Waals surface area contributed by atoms with Crippen molar-refractivity contribution in [2.24, 2.45) is 0 Å². The first-order chi connectivity index (χ1) is 15.4. The number of carbonyl (C=O) groups excluding carboxylic acids is 2. The third-order valence-corrected chi connectivity index (χ3v) is 5.75. The van der Waals surface area contributed by atoms with E-state index in [0.717, 1.165) is 11.1 Å². The van der Waals surface area contributed by atoms with Crippen molar-refractivity contribution in [2.75, 3.05) is 11.1 Å². The third kappa shape index (κ3) is 6.42. The van der Waals surface area contributed by atoms with Crippen molar-refractivity contribution in [1.82, 2.24) is 5.32 Å². The van der Waals surface area contributed by atoms with Crippen LogP contribution in [0.15, 0.2) is 78.9 Å². The summed E-state index contributed by atoms with van der Waals surface area (Å²) in [5, 5.41) is 16.5. The van der Waals surface area contributed by atoms with Crippen LogP contribution < -0.4 is 10.6 Å². The normalized spacial score (nSPS) is 11.4. The second kappa shape index (κ2) is 11.1. The Kier molecular flexibility index (Phi) is 7.99. The van der Waals surface area contributed by atoms with Crippen LogP contribution in [-0.2, 0) is 10.5 Å². The van der Waals surface area contributed by atoms with E-state index in [1.54, 1.807) is 36.4 Å². The number of para-hydroxylation sites is 1. The van der Waals surface area contributed by atoms with Crippen molar-refractivity contribution in [1.29, 1.82) is 0 Å². The van der Waals surface area contributed by atoms with Gasteiger partial charge in [-0.15, -0.1) is 11.8 Å². The maximum Gasteiger partial charge on any atom is 0.269 e. The standard InChI is InChI=1S/C24H23N3O4S/c1-17(19-7-3-2-4-8-19)25-24(29)21-9-5-6-10-22(21)26-23(28)16-32-15-18-11-13-20(14-12-18)27(30)31/h2-14,17H,15-16H2,1H3,(H,25,29)(H,26,28)/t17-/m0/s1. The fourth-order valence-electron chi connectivity index (χ4n) is 3.05. The van der Waals surface area contributed by atoms with Crippen LogP contribution in [-0.4, -0.2) is 22.5 Å². The van der Waals surface area contributed by atoms with Gasteiger partial charge < -0.3 is 10.6 Å². The van der Waals surface area contributed by atoms with Crippen molar-refractivity contribution in [3.8, 4) is 0 Å². The second-order valence-corrected chi connectivity index (χ2v) is 8.10. The van der Waals surface area contributed by atoms with E-state index in [4.69, 9.17) is 0 Å². The zero-order chi connectivity index (χ0) is 22.9. The lowest BCUT2D eigenvalue weighted by Gasteiger charge is -2.16. The molecular formula is C24H23N3O4S. The Morgan fingerprint density at radius 1 is 0.969 bits per heavy atom. The number of nitro benzene ring substituents is 1. The fourth-order valence-corrected chi connectivity index (χ4v) is 3.84. The summed E-state index contributed by atoms with van der Waals surface area (Å²) < 4.78 is 0. The fraction of sp³-hybridized carbons (Fsp3) is 0.167. The maximum atomic E-state index is 12.8. The Hall–Kier alpha value is -3.65. The zero-order valence-corrected chi connectivity index (χ0v) is 18.3. The minimum Gasteiger partial charge on any atom is -0.345 e. The van der Waals surface area contributed by atoms with Gasteiger partial charge in [0.05, 0.1) is 28.0 Å². The Bertz CT molecular complexity index is 1090. The monoisotopic (exact) mass is 449 g/mol. The first-order valence-corrected chi connectivity index (χ1v) is 11.2. The highest BCUT2D eigenvalue weighted by molar-refractivity contribution is 7.99. The van der Waals surface area contributed by atoms with Crippen LogP contribution in [0.5, 0.6) is 0 Å². The first kappa shape index (κ1) is 23.0. The Morgan fingerprint density at radius 3 is 2.31 bits per heavy atom. The third-order valence-electron chi connectivity index (χ3n) is 4.74. The summed E-state index contributed by atoms with van der Waals surface area (Å²) in [4.78, 5) is 35.5. The van der Waals surface area contributed by atoms with E-state index in [1.165, 1.54) is 23.9 Å². The molecule has 0 aliphatic heterocycles. The Labute approximate surface area is 190 Å². The predicted molar refractivity (Wildman–Crippen MR) is 127 cm³/mol. The molecule has 0 spiro atoms. The molecule has 0 unspecified atom stereocenters. The molecule has 32 heavy (non-hydrogen) atoms. The molecule has 0 aliphatic rings. The highest BCUT2D eigenvalue weighted by atomic mass is 32.2. The zero-order valence-electron chi connectivity index (χ0n) is 17.5. The summed E-state index contributed by atoms with van der Waals surface area (Å²) in [7, 11) is 0. The molecule has 2 amide bonds. The minimum atomic E-state index is -0.446. The molecule has 1 atom stereocenters. The number of rotatable bonds is 9. The van der Waals surface area contributed by atoms with E-state index in [1.807, 2.05) is 37.3 Å². The van der Waals surface area contributed by atoms with E-state index in [-0.39, 0.29) is 29.3 Å². The molecule has 0 saturated heterocycles. The van der Waals surface area contributed by atoms with Crippen LogP contribution in [0.1, 0.15) is 34.5 Å². The molecule has 0 bridgehead atoms. The summed E-state index contributed by atoms with van der Waals surface area (Å²) in [6.45, 7) is 1.91. The number of benzene rings is 3. The molecule has 3 aromatic rings. The lowest BCUT2D eigenvalue weighted by Crippen LogP contribution is -2.28. The molecular weight excluding hydrogens is 426 g/mol. The van der Waals surface area contributed by atoms with Gasteiger partial charge in [0.15, 0.2) is 0 Å². The van der Waals surface area contributed by atoms with Gasteiger partial charge in [-0.3, -0.25) is 19.7 Å². The molecule has 2 N–H and O–H groups in total. The summed E-state index contributed by atoms with van der Waals surface area (Å²) in [6, 6.07) is 22.6. The highest BCUT2D eigenvalue weighted by Gasteiger charge is 2.16. The number of non-ortho nitro benzene ring substituents is 1. The second-order valence-electron chi connectivity index (χ2n) is 7.12. The van der Waals surface area contributed by atoms with Gasteiger partial charge in [-0.1, -0.05) is 54.6 Å². The van der Waals surface area contributed by atoms with E-state index >= 15 is 0 Å². The van der Waals surface area contributed by atoms with Crippen LogP contribution in [0.3, 0.4) is 0 Å². The average Bonchev–Trinajstić information content (AvgIpc) is 2.80. The molecule has 0 radical (unpaired) electrons. The van der Waals surface area contributed by atoms with Gasteiger partial charge in [-0.2, -0.15) is 0 Å². The first-order valence-electron chi connectivity index (χ1n) is 10.00.